The molecule has 0 saturated carbocycles. The highest BCUT2D eigenvalue weighted by atomic mass is 32.2. The molecule has 3 rings (SSSR count). The van der Waals surface area contributed by atoms with Gasteiger partial charge in [-0.3, -0.25) is 9.59 Å². The number of rotatable bonds is 6. The number of sulfonamides is 1. The molecule has 2 aromatic carbocycles. The quantitative estimate of drug-likeness (QED) is 0.682. The number of carbonyl (C=O) groups is 2. The molecule has 0 aromatic heterocycles. The number of primary sulfonamides is 1. The number of amides is 2. The molecule has 1 aliphatic heterocycles. The third kappa shape index (κ3) is 3.55. The Morgan fingerprint density at radius 1 is 1.00 bits per heavy atom. The summed E-state index contributed by atoms with van der Waals surface area (Å²) in [4.78, 5) is 28.6. The van der Waals surface area contributed by atoms with E-state index >= 15 is 0 Å². The maximum absolute atomic E-state index is 13.1. The number of nitrogens with two attached hydrogens (primary N) is 1. The zero-order valence-corrected chi connectivity index (χ0v) is 15.9. The third-order valence-corrected chi connectivity index (χ3v) is 5.29. The minimum Gasteiger partial charge on any atom is -0.395 e. The van der Waals surface area contributed by atoms with Crippen molar-refractivity contribution in [2.24, 2.45) is 5.14 Å². The fourth-order valence-corrected chi connectivity index (χ4v) is 3.53. The summed E-state index contributed by atoms with van der Waals surface area (Å²) in [6.07, 6.45) is 0. The smallest absolute Gasteiger partial charge is 0.282 e. The zero-order chi connectivity index (χ0) is 20.5. The zero-order valence-electron chi connectivity index (χ0n) is 15.1. The largest absolute Gasteiger partial charge is 0.395 e. The first-order valence-electron chi connectivity index (χ1n) is 8.39. The van der Waals surface area contributed by atoms with Gasteiger partial charge < -0.3 is 10.0 Å². The Labute approximate surface area is 162 Å². The van der Waals surface area contributed by atoms with Gasteiger partial charge in [-0.1, -0.05) is 30.3 Å². The van der Waals surface area contributed by atoms with Crippen molar-refractivity contribution in [3.05, 3.63) is 65.9 Å². The van der Waals surface area contributed by atoms with Crippen molar-refractivity contribution in [3.63, 3.8) is 0 Å². The number of benzene rings is 2. The molecule has 2 amide bonds. The van der Waals surface area contributed by atoms with Crippen LogP contribution in [0.3, 0.4) is 0 Å². The van der Waals surface area contributed by atoms with Gasteiger partial charge in [0.15, 0.2) is 0 Å². The molecule has 3 N–H and O–H groups in total. The lowest BCUT2D eigenvalue weighted by molar-refractivity contribution is -0.120. The summed E-state index contributed by atoms with van der Waals surface area (Å²) >= 11 is 0. The van der Waals surface area contributed by atoms with E-state index in [0.29, 0.717) is 5.56 Å². The molecular formula is C19H19N3O5S. The summed E-state index contributed by atoms with van der Waals surface area (Å²) in [6.45, 7) is -0.0184. The molecule has 0 unspecified atom stereocenters. The van der Waals surface area contributed by atoms with Crippen molar-refractivity contribution < 1.29 is 23.1 Å². The lowest BCUT2D eigenvalue weighted by Gasteiger charge is -2.20. The van der Waals surface area contributed by atoms with Crippen molar-refractivity contribution in [2.45, 2.75) is 4.90 Å². The molecule has 1 heterocycles. The maximum atomic E-state index is 13.1. The molecule has 0 fully saturated rings. The van der Waals surface area contributed by atoms with E-state index in [-0.39, 0.29) is 35.0 Å². The van der Waals surface area contributed by atoms with Gasteiger partial charge >= 0.3 is 0 Å². The molecule has 0 atom stereocenters. The summed E-state index contributed by atoms with van der Waals surface area (Å²) in [6, 6.07) is 13.9. The van der Waals surface area contributed by atoms with Gasteiger partial charge in [0, 0.05) is 13.6 Å². The van der Waals surface area contributed by atoms with Crippen LogP contribution in [0.5, 0.6) is 0 Å². The number of aliphatic hydroxyl groups is 1. The van der Waals surface area contributed by atoms with Crippen LogP contribution in [0.25, 0.3) is 5.57 Å². The van der Waals surface area contributed by atoms with Crippen molar-refractivity contribution >= 4 is 33.1 Å². The van der Waals surface area contributed by atoms with Crippen molar-refractivity contribution in [1.82, 2.24) is 4.90 Å². The first kappa shape index (κ1) is 19.7. The summed E-state index contributed by atoms with van der Waals surface area (Å²) < 4.78 is 22.9. The van der Waals surface area contributed by atoms with Crippen LogP contribution in [-0.2, 0) is 19.6 Å². The normalized spacial score (nSPS) is 14.8. The van der Waals surface area contributed by atoms with Gasteiger partial charge in [0.05, 0.1) is 22.8 Å². The number of likely N-dealkylation sites (N-methyl/N-ethyl adjacent to an activating group) is 1. The van der Waals surface area contributed by atoms with Gasteiger partial charge in [0.25, 0.3) is 11.8 Å². The molecule has 0 spiro atoms. The van der Waals surface area contributed by atoms with Crippen LogP contribution < -0.4 is 10.0 Å². The number of imide groups is 1. The van der Waals surface area contributed by atoms with Crippen LogP contribution in [0, 0.1) is 0 Å². The number of hydrogen-bond donors (Lipinski definition) is 2. The van der Waals surface area contributed by atoms with Crippen LogP contribution in [0.1, 0.15) is 5.56 Å². The van der Waals surface area contributed by atoms with Gasteiger partial charge in [0.1, 0.15) is 5.70 Å². The number of hydrogen-bond acceptors (Lipinski definition) is 6. The van der Waals surface area contributed by atoms with E-state index in [9.17, 15) is 23.1 Å². The fraction of sp³-hybridized carbons (Fsp3) is 0.158. The molecule has 1 aliphatic rings. The van der Waals surface area contributed by atoms with Gasteiger partial charge in [-0.2, -0.15) is 0 Å². The standard InChI is InChI=1S/C19H19N3O5S/c1-21(11-12-23)17-16(13-5-3-2-4-6-13)18(24)22(19(17)25)14-7-9-15(10-8-14)28(20,26)27/h2-10,23H,11-12H2,1H3,(H2,20,26,27). The second-order valence-corrected chi connectivity index (χ2v) is 7.78. The van der Waals surface area contributed by atoms with Crippen LogP contribution >= 0.6 is 0 Å². The minimum absolute atomic E-state index is 0.121. The third-order valence-electron chi connectivity index (χ3n) is 4.36. The average Bonchev–Trinajstić information content (AvgIpc) is 2.92. The predicted molar refractivity (Wildman–Crippen MR) is 103 cm³/mol. The Balaban J connectivity index is 2.08. The molecule has 9 heteroatoms. The first-order valence-corrected chi connectivity index (χ1v) is 9.93. The van der Waals surface area contributed by atoms with E-state index in [1.165, 1.54) is 29.2 Å². The molecule has 0 radical (unpaired) electrons. The maximum Gasteiger partial charge on any atom is 0.282 e. The Kier molecular flexibility index (Phi) is 5.32. The van der Waals surface area contributed by atoms with Crippen LogP contribution in [0.2, 0.25) is 0 Å². The summed E-state index contributed by atoms with van der Waals surface area (Å²) in [5.74, 6) is -1.08. The van der Waals surface area contributed by atoms with Crippen LogP contribution in [-0.4, -0.2) is 50.4 Å². The van der Waals surface area contributed by atoms with Crippen molar-refractivity contribution in [2.75, 3.05) is 25.1 Å². The van der Waals surface area contributed by atoms with E-state index in [2.05, 4.69) is 0 Å². The summed E-state index contributed by atoms with van der Waals surface area (Å²) in [7, 11) is -2.27. The van der Waals surface area contributed by atoms with Crippen molar-refractivity contribution in [1.29, 1.82) is 0 Å². The van der Waals surface area contributed by atoms with Crippen molar-refractivity contribution in [3.8, 4) is 0 Å². The molecular weight excluding hydrogens is 382 g/mol. The summed E-state index contributed by atoms with van der Waals surface area (Å²) in [5.41, 5.74) is 1.19. The number of carbonyl (C=O) groups excluding carboxylic acids is 2. The molecule has 0 saturated heterocycles. The van der Waals surface area contributed by atoms with Crippen LogP contribution in [0.4, 0.5) is 5.69 Å². The first-order chi connectivity index (χ1) is 13.3. The average molecular weight is 401 g/mol. The lowest BCUT2D eigenvalue weighted by Crippen LogP contribution is -2.34. The van der Waals surface area contributed by atoms with E-state index < -0.39 is 21.8 Å². The van der Waals surface area contributed by atoms with E-state index in [1.54, 1.807) is 37.4 Å². The van der Waals surface area contributed by atoms with Crippen LogP contribution in [0.15, 0.2) is 65.2 Å². The highest BCUT2D eigenvalue weighted by Crippen LogP contribution is 2.34. The van der Waals surface area contributed by atoms with Gasteiger partial charge in [0.2, 0.25) is 10.0 Å². The second-order valence-electron chi connectivity index (χ2n) is 6.22. The molecule has 0 bridgehead atoms. The number of aliphatic hydroxyl groups excluding tert-OH is 1. The topological polar surface area (TPSA) is 121 Å². The van der Waals surface area contributed by atoms with Gasteiger partial charge in [-0.25, -0.2) is 18.5 Å². The molecule has 0 aliphatic carbocycles. The summed E-state index contributed by atoms with van der Waals surface area (Å²) in [5, 5.41) is 14.3. The van der Waals surface area contributed by atoms with E-state index in [4.69, 9.17) is 5.14 Å². The highest BCUT2D eigenvalue weighted by Gasteiger charge is 2.41. The molecule has 8 nitrogen and oxygen atoms in total. The Bertz CT molecular complexity index is 1050. The molecule has 28 heavy (non-hydrogen) atoms. The number of anilines is 1. The van der Waals surface area contributed by atoms with E-state index in [0.717, 1.165) is 4.90 Å². The minimum atomic E-state index is -3.89. The molecule has 2 aromatic rings. The van der Waals surface area contributed by atoms with Gasteiger partial charge in [-0.15, -0.1) is 0 Å². The lowest BCUT2D eigenvalue weighted by atomic mass is 10.0. The fourth-order valence-electron chi connectivity index (χ4n) is 3.02. The van der Waals surface area contributed by atoms with E-state index in [1.807, 2.05) is 0 Å². The Hall–Kier alpha value is -3.01. The monoisotopic (exact) mass is 401 g/mol. The Morgan fingerprint density at radius 2 is 1.61 bits per heavy atom. The second kappa shape index (κ2) is 7.55. The predicted octanol–water partition coefficient (Wildman–Crippen LogP) is 0.543. The van der Waals surface area contributed by atoms with Gasteiger partial charge in [-0.05, 0) is 29.8 Å². The highest BCUT2D eigenvalue weighted by molar-refractivity contribution is 7.89. The Morgan fingerprint density at radius 3 is 2.14 bits per heavy atom. The SMILES string of the molecule is CN(CCO)C1=C(c2ccccc2)C(=O)N(c2ccc(S(N)(=O)=O)cc2)C1=O. The number of nitrogens with zero attached hydrogens (tertiary/aromatic N) is 2. The molecule has 146 valence electrons.